The Bertz CT molecular complexity index is 769. The molecule has 0 aromatic heterocycles. The van der Waals surface area contributed by atoms with Gasteiger partial charge in [0, 0.05) is 39.0 Å². The predicted molar refractivity (Wildman–Crippen MR) is 101 cm³/mol. The first-order valence-corrected chi connectivity index (χ1v) is 10.5. The number of aliphatic imine (C=N–C) groups is 1. The number of sulfonamides is 1. The lowest BCUT2D eigenvalue weighted by Crippen LogP contribution is -2.25. The molecule has 1 aromatic carbocycles. The summed E-state index contributed by atoms with van der Waals surface area (Å²) in [7, 11) is -3.66. The monoisotopic (exact) mass is 362 g/mol. The van der Waals surface area contributed by atoms with Gasteiger partial charge in [0.05, 0.1) is 10.6 Å². The maximum atomic E-state index is 12.5. The number of amidine groups is 2. The van der Waals surface area contributed by atoms with Crippen LogP contribution in [-0.2, 0) is 10.0 Å². The van der Waals surface area contributed by atoms with Crippen molar-refractivity contribution in [2.75, 3.05) is 26.2 Å². The molecule has 0 atom stereocenters. The normalized spacial score (nSPS) is 21.7. The van der Waals surface area contributed by atoms with Gasteiger partial charge >= 0.3 is 0 Å². The van der Waals surface area contributed by atoms with E-state index >= 15 is 0 Å². The molecule has 2 saturated heterocycles. The van der Waals surface area contributed by atoms with Crippen molar-refractivity contribution in [3.63, 3.8) is 0 Å². The van der Waals surface area contributed by atoms with Crippen molar-refractivity contribution in [1.82, 2.24) is 9.80 Å². The van der Waals surface area contributed by atoms with Gasteiger partial charge in [-0.15, -0.1) is 4.40 Å². The van der Waals surface area contributed by atoms with Gasteiger partial charge < -0.3 is 9.80 Å². The Morgan fingerprint density at radius 1 is 0.920 bits per heavy atom. The summed E-state index contributed by atoms with van der Waals surface area (Å²) < 4.78 is 29.2. The molecule has 136 valence electrons. The third-order valence-corrected chi connectivity index (χ3v) is 6.09. The van der Waals surface area contributed by atoms with Crippen molar-refractivity contribution in [3.8, 4) is 0 Å². The number of likely N-dealkylation sites (tertiary alicyclic amines) is 2. The molecule has 0 radical (unpaired) electrons. The molecule has 0 amide bonds. The van der Waals surface area contributed by atoms with Crippen LogP contribution in [0.5, 0.6) is 0 Å². The molecule has 0 saturated carbocycles. The second-order valence-corrected chi connectivity index (χ2v) is 7.98. The van der Waals surface area contributed by atoms with Crippen LogP contribution in [0.4, 0.5) is 5.69 Å². The van der Waals surface area contributed by atoms with E-state index in [2.05, 4.69) is 21.2 Å². The average Bonchev–Trinajstić information content (AvgIpc) is 3.23. The molecule has 2 aliphatic heterocycles. The molecule has 0 aliphatic carbocycles. The van der Waals surface area contributed by atoms with E-state index in [0.717, 1.165) is 63.4 Å². The van der Waals surface area contributed by atoms with Crippen LogP contribution in [0.25, 0.3) is 0 Å². The van der Waals surface area contributed by atoms with Crippen molar-refractivity contribution in [2.45, 2.75) is 44.4 Å². The summed E-state index contributed by atoms with van der Waals surface area (Å²) in [5.74, 6) is 1.76. The average molecular weight is 362 g/mol. The Kier molecular flexibility index (Phi) is 5.42. The molecular weight excluding hydrogens is 336 g/mol. The van der Waals surface area contributed by atoms with E-state index in [4.69, 9.17) is 0 Å². The van der Waals surface area contributed by atoms with E-state index in [9.17, 15) is 8.42 Å². The largest absolute Gasteiger partial charge is 0.360 e. The van der Waals surface area contributed by atoms with Crippen molar-refractivity contribution >= 4 is 27.4 Å². The highest BCUT2D eigenvalue weighted by atomic mass is 32.2. The Balaban J connectivity index is 1.80. The summed E-state index contributed by atoms with van der Waals surface area (Å²) in [5, 5.41) is 0. The zero-order chi connectivity index (χ0) is 17.9. The van der Waals surface area contributed by atoms with E-state index in [-0.39, 0.29) is 4.90 Å². The number of hydrogen-bond donors (Lipinski definition) is 0. The summed E-state index contributed by atoms with van der Waals surface area (Å²) in [6, 6.07) is 6.74. The highest BCUT2D eigenvalue weighted by molar-refractivity contribution is 7.90. The van der Waals surface area contributed by atoms with Crippen LogP contribution in [0.2, 0.25) is 0 Å². The van der Waals surface area contributed by atoms with Crippen LogP contribution in [0.1, 0.15) is 39.5 Å². The van der Waals surface area contributed by atoms with E-state index < -0.39 is 10.0 Å². The molecule has 0 N–H and O–H groups in total. The summed E-state index contributed by atoms with van der Waals surface area (Å²) >= 11 is 0. The van der Waals surface area contributed by atoms with Gasteiger partial charge in [-0.3, -0.25) is 0 Å². The van der Waals surface area contributed by atoms with Gasteiger partial charge in [-0.2, -0.15) is 8.42 Å². The highest BCUT2D eigenvalue weighted by Crippen LogP contribution is 2.22. The van der Waals surface area contributed by atoms with Crippen molar-refractivity contribution in [1.29, 1.82) is 0 Å². The Morgan fingerprint density at radius 2 is 1.48 bits per heavy atom. The van der Waals surface area contributed by atoms with E-state index in [1.54, 1.807) is 24.3 Å². The fourth-order valence-corrected chi connectivity index (χ4v) is 4.44. The minimum atomic E-state index is -3.66. The summed E-state index contributed by atoms with van der Waals surface area (Å²) in [4.78, 5) is 9.18. The molecule has 1 aromatic rings. The minimum Gasteiger partial charge on any atom is -0.360 e. The molecule has 0 unspecified atom stereocenters. The lowest BCUT2D eigenvalue weighted by molar-refractivity contribution is 0.479. The van der Waals surface area contributed by atoms with Gasteiger partial charge in [-0.1, -0.05) is 0 Å². The molecule has 2 aliphatic rings. The van der Waals surface area contributed by atoms with Crippen LogP contribution < -0.4 is 0 Å². The molecule has 0 spiro atoms. The Labute approximate surface area is 150 Å². The summed E-state index contributed by atoms with van der Waals surface area (Å²) in [6.45, 7) is 7.82. The number of nitrogens with zero attached hydrogens (tertiary/aromatic N) is 4. The lowest BCUT2D eigenvalue weighted by atomic mass is 10.3. The zero-order valence-corrected chi connectivity index (χ0v) is 15.8. The zero-order valence-electron chi connectivity index (χ0n) is 15.0. The van der Waals surface area contributed by atoms with E-state index in [0.29, 0.717) is 5.84 Å². The van der Waals surface area contributed by atoms with Gasteiger partial charge in [0.25, 0.3) is 10.0 Å². The standard InChI is InChI=1S/C18H26N4O2S/c1-3-21-13-5-7-17(21)19-15-9-11-16(12-10-15)25(23,24)20-18-8-6-14-22(18)4-2/h9-12H,3-8,13-14H2,1-2H3/b19-17?,20-18-. The highest BCUT2D eigenvalue weighted by Gasteiger charge is 2.22. The van der Waals surface area contributed by atoms with Gasteiger partial charge in [-0.25, -0.2) is 4.99 Å². The predicted octanol–water partition coefficient (Wildman–Crippen LogP) is 3.04. The second kappa shape index (κ2) is 7.56. The van der Waals surface area contributed by atoms with Crippen molar-refractivity contribution in [2.24, 2.45) is 9.39 Å². The first-order valence-electron chi connectivity index (χ1n) is 9.05. The smallest absolute Gasteiger partial charge is 0.283 e. The molecule has 25 heavy (non-hydrogen) atoms. The molecule has 0 bridgehead atoms. The molecule has 2 fully saturated rings. The topological polar surface area (TPSA) is 65.3 Å². The number of benzene rings is 1. The second-order valence-electron chi connectivity index (χ2n) is 6.37. The fraction of sp³-hybridized carbons (Fsp3) is 0.556. The van der Waals surface area contributed by atoms with Gasteiger partial charge in [0.15, 0.2) is 0 Å². The molecule has 2 heterocycles. The fourth-order valence-electron chi connectivity index (χ4n) is 3.37. The number of rotatable bonds is 5. The van der Waals surface area contributed by atoms with Crippen LogP contribution in [-0.4, -0.2) is 56.1 Å². The maximum Gasteiger partial charge on any atom is 0.283 e. The Morgan fingerprint density at radius 3 is 2.08 bits per heavy atom. The lowest BCUT2D eigenvalue weighted by Gasteiger charge is -2.16. The number of hydrogen-bond acceptors (Lipinski definition) is 3. The first kappa shape index (κ1) is 17.9. The third kappa shape index (κ3) is 4.03. The molecule has 3 rings (SSSR count). The molecule has 7 heteroatoms. The van der Waals surface area contributed by atoms with E-state index in [1.165, 1.54) is 0 Å². The van der Waals surface area contributed by atoms with Crippen LogP contribution in [0.15, 0.2) is 38.6 Å². The van der Waals surface area contributed by atoms with Crippen molar-refractivity contribution < 1.29 is 8.42 Å². The molecule has 6 nitrogen and oxygen atoms in total. The quantitative estimate of drug-likeness (QED) is 0.807. The SMILES string of the molecule is CCN1CCCC1=Nc1ccc(S(=O)(=O)/N=C2/CCCN2CC)cc1. The maximum absolute atomic E-state index is 12.5. The van der Waals surface area contributed by atoms with Gasteiger partial charge in [-0.05, 0) is 51.0 Å². The molecular formula is C18H26N4O2S. The van der Waals surface area contributed by atoms with Crippen LogP contribution >= 0.6 is 0 Å². The van der Waals surface area contributed by atoms with Crippen LogP contribution in [0, 0.1) is 0 Å². The van der Waals surface area contributed by atoms with Crippen LogP contribution in [0.3, 0.4) is 0 Å². The van der Waals surface area contributed by atoms with Gasteiger partial charge in [0.2, 0.25) is 0 Å². The first-order chi connectivity index (χ1) is 12.0. The van der Waals surface area contributed by atoms with E-state index in [1.807, 2.05) is 11.8 Å². The third-order valence-electron chi connectivity index (χ3n) is 4.77. The Hall–Kier alpha value is -1.89. The van der Waals surface area contributed by atoms with Crippen molar-refractivity contribution in [3.05, 3.63) is 24.3 Å². The van der Waals surface area contributed by atoms with Gasteiger partial charge in [0.1, 0.15) is 11.7 Å². The minimum absolute atomic E-state index is 0.227. The summed E-state index contributed by atoms with van der Waals surface area (Å²) in [5.41, 5.74) is 0.790. The summed E-state index contributed by atoms with van der Waals surface area (Å²) in [6.07, 6.45) is 3.80.